The number of oxazole rings is 1. The number of carbonyl (C=O) groups is 1. The van der Waals surface area contributed by atoms with Crippen LogP contribution in [0.2, 0.25) is 0 Å². The van der Waals surface area contributed by atoms with Crippen molar-refractivity contribution in [3.8, 4) is 0 Å². The molecule has 1 saturated heterocycles. The van der Waals surface area contributed by atoms with Gasteiger partial charge in [0.2, 0.25) is 5.91 Å². The molecule has 1 amide bonds. The minimum Gasteiger partial charge on any atom is -0.441 e. The first-order chi connectivity index (χ1) is 12.6. The van der Waals surface area contributed by atoms with Crippen molar-refractivity contribution in [3.63, 3.8) is 0 Å². The number of nitrogens with one attached hydrogen (secondary N) is 2. The SMILES string of the molecule is Cc1cccc2oc(CCNC(=O)[C@H]3CNC[C@@H]3c3cnn(C)c3)nc12.Cl. The van der Waals surface area contributed by atoms with E-state index in [2.05, 4.69) is 20.7 Å². The van der Waals surface area contributed by atoms with Crippen LogP contribution in [0.5, 0.6) is 0 Å². The molecular weight excluding hydrogens is 366 g/mol. The van der Waals surface area contributed by atoms with E-state index in [0.29, 0.717) is 25.4 Å². The Morgan fingerprint density at radius 1 is 1.41 bits per heavy atom. The lowest BCUT2D eigenvalue weighted by Crippen LogP contribution is -2.35. The van der Waals surface area contributed by atoms with Crippen molar-refractivity contribution in [2.45, 2.75) is 19.3 Å². The summed E-state index contributed by atoms with van der Waals surface area (Å²) in [5, 5.41) is 10.6. The number of fused-ring (bicyclic) bond motifs is 1. The minimum atomic E-state index is -0.0786. The highest BCUT2D eigenvalue weighted by Gasteiger charge is 2.34. The third kappa shape index (κ3) is 3.99. The average molecular weight is 390 g/mol. The molecule has 2 atom stereocenters. The lowest BCUT2D eigenvalue weighted by atomic mass is 9.90. The molecule has 0 radical (unpaired) electrons. The van der Waals surface area contributed by atoms with Gasteiger partial charge in [0.05, 0.1) is 12.1 Å². The average Bonchev–Trinajstić information content (AvgIpc) is 3.33. The van der Waals surface area contributed by atoms with Gasteiger partial charge in [-0.3, -0.25) is 9.48 Å². The van der Waals surface area contributed by atoms with Crippen LogP contribution in [0.3, 0.4) is 0 Å². The number of aryl methyl sites for hydroxylation is 2. The molecule has 27 heavy (non-hydrogen) atoms. The van der Waals surface area contributed by atoms with Gasteiger partial charge in [-0.25, -0.2) is 4.98 Å². The molecule has 3 heterocycles. The van der Waals surface area contributed by atoms with Gasteiger partial charge in [0.1, 0.15) is 5.52 Å². The molecule has 1 aromatic carbocycles. The second kappa shape index (κ2) is 8.10. The van der Waals surface area contributed by atoms with Gasteiger partial charge in [0.15, 0.2) is 11.5 Å². The molecule has 2 N–H and O–H groups in total. The zero-order chi connectivity index (χ0) is 18.1. The van der Waals surface area contributed by atoms with Crippen LogP contribution in [0, 0.1) is 12.8 Å². The molecule has 4 rings (SSSR count). The number of amides is 1. The van der Waals surface area contributed by atoms with Gasteiger partial charge in [-0.2, -0.15) is 5.10 Å². The van der Waals surface area contributed by atoms with Crippen molar-refractivity contribution in [1.82, 2.24) is 25.4 Å². The third-order valence-corrected chi connectivity index (χ3v) is 5.01. The highest BCUT2D eigenvalue weighted by molar-refractivity contribution is 5.85. The molecule has 0 spiro atoms. The topological polar surface area (TPSA) is 85.0 Å². The molecule has 1 fully saturated rings. The number of halogens is 1. The Hall–Kier alpha value is -2.38. The smallest absolute Gasteiger partial charge is 0.225 e. The van der Waals surface area contributed by atoms with E-state index in [0.717, 1.165) is 28.8 Å². The second-order valence-electron chi connectivity index (χ2n) is 6.89. The van der Waals surface area contributed by atoms with E-state index in [1.54, 1.807) is 4.68 Å². The van der Waals surface area contributed by atoms with Crippen LogP contribution < -0.4 is 10.6 Å². The van der Waals surface area contributed by atoms with Crippen LogP contribution in [0.4, 0.5) is 0 Å². The maximum atomic E-state index is 12.6. The number of aromatic nitrogens is 3. The molecule has 144 valence electrons. The van der Waals surface area contributed by atoms with Gasteiger partial charge < -0.3 is 15.1 Å². The van der Waals surface area contributed by atoms with Gasteiger partial charge in [-0.15, -0.1) is 12.4 Å². The number of nitrogens with zero attached hydrogens (tertiary/aromatic N) is 3. The fourth-order valence-electron chi connectivity index (χ4n) is 3.60. The highest BCUT2D eigenvalue weighted by Crippen LogP contribution is 2.27. The maximum absolute atomic E-state index is 12.6. The Kier molecular flexibility index (Phi) is 5.82. The second-order valence-corrected chi connectivity index (χ2v) is 6.89. The fourth-order valence-corrected chi connectivity index (χ4v) is 3.60. The van der Waals surface area contributed by atoms with E-state index >= 15 is 0 Å². The first-order valence-electron chi connectivity index (χ1n) is 8.94. The van der Waals surface area contributed by atoms with Gasteiger partial charge in [0, 0.05) is 45.2 Å². The summed E-state index contributed by atoms with van der Waals surface area (Å²) in [5.41, 5.74) is 3.89. The van der Waals surface area contributed by atoms with Crippen molar-refractivity contribution in [1.29, 1.82) is 0 Å². The molecule has 2 aromatic heterocycles. The van der Waals surface area contributed by atoms with Gasteiger partial charge >= 0.3 is 0 Å². The summed E-state index contributed by atoms with van der Waals surface area (Å²) >= 11 is 0. The normalized spacial score (nSPS) is 19.2. The number of carbonyl (C=O) groups excluding carboxylic acids is 1. The highest BCUT2D eigenvalue weighted by atomic mass is 35.5. The van der Waals surface area contributed by atoms with Crippen LogP contribution in [-0.2, 0) is 18.3 Å². The Morgan fingerprint density at radius 3 is 3.00 bits per heavy atom. The van der Waals surface area contributed by atoms with Gasteiger partial charge in [-0.1, -0.05) is 12.1 Å². The Balaban J connectivity index is 0.00000210. The number of hydrogen-bond acceptors (Lipinski definition) is 5. The van der Waals surface area contributed by atoms with Crippen LogP contribution >= 0.6 is 12.4 Å². The lowest BCUT2D eigenvalue weighted by molar-refractivity contribution is -0.124. The van der Waals surface area contributed by atoms with Gasteiger partial charge in [0.25, 0.3) is 0 Å². The summed E-state index contributed by atoms with van der Waals surface area (Å²) in [6.45, 7) is 4.02. The predicted octanol–water partition coefficient (Wildman–Crippen LogP) is 1.95. The molecule has 0 saturated carbocycles. The fraction of sp³-hybridized carbons (Fsp3) is 0.421. The zero-order valence-corrected chi connectivity index (χ0v) is 16.3. The van der Waals surface area contributed by atoms with E-state index in [-0.39, 0.29) is 30.2 Å². The number of hydrogen-bond donors (Lipinski definition) is 2. The van der Waals surface area contributed by atoms with E-state index in [4.69, 9.17) is 4.42 Å². The first kappa shape index (κ1) is 19.4. The Labute approximate surface area is 163 Å². The largest absolute Gasteiger partial charge is 0.441 e. The molecule has 0 aliphatic carbocycles. The van der Waals surface area contributed by atoms with Crippen molar-refractivity contribution < 1.29 is 9.21 Å². The van der Waals surface area contributed by atoms with Gasteiger partial charge in [-0.05, 0) is 24.1 Å². The molecule has 0 unspecified atom stereocenters. The molecule has 1 aliphatic rings. The van der Waals surface area contributed by atoms with Crippen LogP contribution in [0.1, 0.15) is 22.9 Å². The first-order valence-corrected chi connectivity index (χ1v) is 8.94. The summed E-state index contributed by atoms with van der Waals surface area (Å²) in [4.78, 5) is 17.2. The van der Waals surface area contributed by atoms with Crippen molar-refractivity contribution in [3.05, 3.63) is 47.6 Å². The van der Waals surface area contributed by atoms with Crippen LogP contribution in [-0.4, -0.2) is 40.3 Å². The molecule has 7 nitrogen and oxygen atoms in total. The maximum Gasteiger partial charge on any atom is 0.225 e. The number of benzene rings is 1. The zero-order valence-electron chi connectivity index (χ0n) is 15.4. The van der Waals surface area contributed by atoms with Crippen molar-refractivity contribution >= 4 is 29.4 Å². The predicted molar refractivity (Wildman–Crippen MR) is 105 cm³/mol. The Morgan fingerprint density at radius 2 is 2.26 bits per heavy atom. The standard InChI is InChI=1S/C19H23N5O2.ClH/c1-12-4-3-5-16-18(12)23-17(26-16)6-7-21-19(25)15-10-20-9-14(15)13-8-22-24(2)11-13;/h3-5,8,11,14-15,20H,6-7,9-10H2,1-2H3,(H,21,25);1H/t14-,15+;/m1./s1. The Bertz CT molecular complexity index is 935. The molecule has 1 aliphatic heterocycles. The quantitative estimate of drug-likeness (QED) is 0.696. The lowest BCUT2D eigenvalue weighted by Gasteiger charge is -2.16. The minimum absolute atomic E-state index is 0. The number of rotatable bonds is 5. The van der Waals surface area contributed by atoms with E-state index < -0.39 is 0 Å². The summed E-state index contributed by atoms with van der Waals surface area (Å²) in [5.74, 6) is 0.805. The van der Waals surface area contributed by atoms with Crippen LogP contribution in [0.25, 0.3) is 11.1 Å². The summed E-state index contributed by atoms with van der Waals surface area (Å²) in [7, 11) is 1.89. The van der Waals surface area contributed by atoms with Crippen molar-refractivity contribution in [2.75, 3.05) is 19.6 Å². The molecule has 3 aromatic rings. The van der Waals surface area contributed by atoms with E-state index in [9.17, 15) is 4.79 Å². The molecule has 8 heteroatoms. The van der Waals surface area contributed by atoms with Crippen LogP contribution in [0.15, 0.2) is 35.0 Å². The summed E-state index contributed by atoms with van der Waals surface area (Å²) < 4.78 is 7.54. The molecular formula is C19H24ClN5O2. The number of para-hydroxylation sites is 1. The van der Waals surface area contributed by atoms with Crippen molar-refractivity contribution in [2.24, 2.45) is 13.0 Å². The van der Waals surface area contributed by atoms with E-state index in [1.165, 1.54) is 0 Å². The monoisotopic (exact) mass is 389 g/mol. The summed E-state index contributed by atoms with van der Waals surface area (Å²) in [6.07, 6.45) is 4.41. The third-order valence-electron chi connectivity index (χ3n) is 5.01. The van der Waals surface area contributed by atoms with E-state index in [1.807, 2.05) is 44.6 Å². The molecule has 0 bridgehead atoms. The summed E-state index contributed by atoms with van der Waals surface area (Å²) in [6, 6.07) is 5.89.